The minimum atomic E-state index is -1.06. The first-order valence-electron chi connectivity index (χ1n) is 5.52. The van der Waals surface area contributed by atoms with Crippen molar-refractivity contribution < 1.29 is 24.2 Å². The largest absolute Gasteiger partial charge is 0.497 e. The van der Waals surface area contributed by atoms with Gasteiger partial charge in [-0.2, -0.15) is 0 Å². The molecular weight excluding hydrogens is 236 g/mol. The Hall–Kier alpha value is -2.04. The molecule has 0 aliphatic heterocycles. The molecule has 0 radical (unpaired) electrons. The number of carboxylic acids is 1. The van der Waals surface area contributed by atoms with Crippen LogP contribution in [0.5, 0.6) is 11.5 Å². The normalized spacial score (nSPS) is 12.0. The molecule has 0 fully saturated rings. The van der Waals surface area contributed by atoms with Crippen molar-refractivity contribution >= 4 is 12.3 Å². The highest BCUT2D eigenvalue weighted by Gasteiger charge is 2.24. The fourth-order valence-electron chi connectivity index (χ4n) is 1.46. The van der Waals surface area contributed by atoms with Gasteiger partial charge < -0.3 is 14.6 Å². The summed E-state index contributed by atoms with van der Waals surface area (Å²) in [5.74, 6) is -0.505. The van der Waals surface area contributed by atoms with E-state index in [1.807, 2.05) is 0 Å². The van der Waals surface area contributed by atoms with Crippen molar-refractivity contribution in [3.63, 3.8) is 0 Å². The van der Waals surface area contributed by atoms with Crippen molar-refractivity contribution in [3.05, 3.63) is 23.8 Å². The fourth-order valence-corrected chi connectivity index (χ4v) is 1.46. The summed E-state index contributed by atoms with van der Waals surface area (Å²) in [6.45, 7) is 3.48. The van der Waals surface area contributed by atoms with Gasteiger partial charge in [0, 0.05) is 5.92 Å². The number of aliphatic carboxylic acids is 1. The van der Waals surface area contributed by atoms with Gasteiger partial charge in [0.1, 0.15) is 11.5 Å². The number of rotatable bonds is 6. The van der Waals surface area contributed by atoms with Gasteiger partial charge in [0.25, 0.3) is 0 Å². The highest BCUT2D eigenvalue weighted by Crippen LogP contribution is 2.25. The second kappa shape index (κ2) is 6.05. The fraction of sp³-hybridized carbons (Fsp3) is 0.385. The van der Waals surface area contributed by atoms with Crippen LogP contribution in [-0.4, -0.2) is 30.6 Å². The predicted octanol–water partition coefficient (Wildman–Crippen LogP) is 2.00. The third kappa shape index (κ3) is 3.23. The second-order valence-electron chi connectivity index (χ2n) is 4.14. The summed E-state index contributed by atoms with van der Waals surface area (Å²) in [4.78, 5) is 22.0. The average Bonchev–Trinajstić information content (AvgIpc) is 2.34. The number of hydrogen-bond acceptors (Lipinski definition) is 4. The van der Waals surface area contributed by atoms with Gasteiger partial charge in [-0.3, -0.25) is 4.79 Å². The molecule has 5 heteroatoms. The van der Waals surface area contributed by atoms with Crippen LogP contribution >= 0.6 is 0 Å². The van der Waals surface area contributed by atoms with E-state index >= 15 is 0 Å². The Kier molecular flexibility index (Phi) is 4.71. The maximum Gasteiger partial charge on any atom is 0.345 e. The maximum atomic E-state index is 11.0. The second-order valence-corrected chi connectivity index (χ2v) is 4.14. The molecule has 0 spiro atoms. The number of carbonyl (C=O) groups excluding carboxylic acids is 1. The van der Waals surface area contributed by atoms with Crippen molar-refractivity contribution in [2.24, 2.45) is 5.92 Å². The molecule has 0 aliphatic rings. The minimum Gasteiger partial charge on any atom is -0.497 e. The van der Waals surface area contributed by atoms with Crippen molar-refractivity contribution in [1.82, 2.24) is 0 Å². The van der Waals surface area contributed by atoms with E-state index in [0.717, 1.165) is 0 Å². The average molecular weight is 252 g/mol. The molecule has 0 heterocycles. The molecule has 0 aliphatic carbocycles. The lowest BCUT2D eigenvalue weighted by atomic mass is 10.1. The van der Waals surface area contributed by atoms with E-state index in [4.69, 9.17) is 14.6 Å². The highest BCUT2D eigenvalue weighted by molar-refractivity contribution is 5.81. The van der Waals surface area contributed by atoms with Crippen LogP contribution in [0, 0.1) is 5.92 Å². The number of benzene rings is 1. The van der Waals surface area contributed by atoms with Crippen LogP contribution in [0.1, 0.15) is 24.2 Å². The molecule has 18 heavy (non-hydrogen) atoms. The molecule has 0 saturated carbocycles. The molecule has 98 valence electrons. The van der Waals surface area contributed by atoms with Crippen molar-refractivity contribution in [2.45, 2.75) is 20.0 Å². The standard InChI is InChI=1S/C13H16O5/c1-8(2)12(13(15)16)18-11-5-4-10(17-3)6-9(11)7-14/h4-8,12H,1-3H3,(H,15,16). The van der Waals surface area contributed by atoms with Gasteiger partial charge >= 0.3 is 5.97 Å². The Bertz CT molecular complexity index is 439. The molecule has 1 N–H and O–H groups in total. The van der Waals surface area contributed by atoms with Gasteiger partial charge in [-0.1, -0.05) is 13.8 Å². The number of carboxylic acid groups (broad SMARTS) is 1. The van der Waals surface area contributed by atoms with E-state index in [2.05, 4.69) is 0 Å². The van der Waals surface area contributed by atoms with E-state index in [-0.39, 0.29) is 17.2 Å². The summed E-state index contributed by atoms with van der Waals surface area (Å²) in [6, 6.07) is 4.64. The molecular formula is C13H16O5. The first kappa shape index (κ1) is 14.0. The number of aldehydes is 1. The van der Waals surface area contributed by atoms with Crippen LogP contribution in [0.25, 0.3) is 0 Å². The first-order valence-corrected chi connectivity index (χ1v) is 5.52. The van der Waals surface area contributed by atoms with Gasteiger partial charge in [-0.25, -0.2) is 4.79 Å². The van der Waals surface area contributed by atoms with Crippen molar-refractivity contribution in [2.75, 3.05) is 7.11 Å². The molecule has 1 aromatic carbocycles. The van der Waals surface area contributed by atoms with E-state index < -0.39 is 12.1 Å². The van der Waals surface area contributed by atoms with Crippen LogP contribution in [-0.2, 0) is 4.79 Å². The van der Waals surface area contributed by atoms with Crippen LogP contribution < -0.4 is 9.47 Å². The third-order valence-corrected chi connectivity index (χ3v) is 2.45. The molecule has 5 nitrogen and oxygen atoms in total. The van der Waals surface area contributed by atoms with E-state index in [1.54, 1.807) is 19.9 Å². The van der Waals surface area contributed by atoms with Gasteiger partial charge in [0.2, 0.25) is 0 Å². The van der Waals surface area contributed by atoms with Gasteiger partial charge in [0.05, 0.1) is 12.7 Å². The molecule has 0 saturated heterocycles. The third-order valence-electron chi connectivity index (χ3n) is 2.45. The topological polar surface area (TPSA) is 72.8 Å². The Morgan fingerprint density at radius 1 is 1.39 bits per heavy atom. The summed E-state index contributed by atoms with van der Waals surface area (Å²) in [7, 11) is 1.48. The molecule has 0 aromatic heterocycles. The lowest BCUT2D eigenvalue weighted by Crippen LogP contribution is -2.32. The van der Waals surface area contributed by atoms with Gasteiger partial charge in [-0.05, 0) is 18.2 Å². The highest BCUT2D eigenvalue weighted by atomic mass is 16.5. The van der Waals surface area contributed by atoms with Crippen LogP contribution in [0.2, 0.25) is 0 Å². The maximum absolute atomic E-state index is 11.0. The molecule has 1 rings (SSSR count). The van der Waals surface area contributed by atoms with E-state index in [1.165, 1.54) is 19.2 Å². The van der Waals surface area contributed by atoms with E-state index in [0.29, 0.717) is 12.0 Å². The Morgan fingerprint density at radius 3 is 2.50 bits per heavy atom. The Balaban J connectivity index is 3.02. The molecule has 1 unspecified atom stereocenters. The number of methoxy groups -OCH3 is 1. The SMILES string of the molecule is COc1ccc(OC(C(=O)O)C(C)C)c(C=O)c1. The zero-order chi connectivity index (χ0) is 13.7. The van der Waals surface area contributed by atoms with Crippen LogP contribution in [0.3, 0.4) is 0 Å². The first-order chi connectivity index (χ1) is 8.49. The smallest absolute Gasteiger partial charge is 0.345 e. The Labute approximate surface area is 105 Å². The summed E-state index contributed by atoms with van der Waals surface area (Å²) >= 11 is 0. The number of ether oxygens (including phenoxy) is 2. The predicted molar refractivity (Wildman–Crippen MR) is 65.3 cm³/mol. The number of hydrogen-bond donors (Lipinski definition) is 1. The summed E-state index contributed by atoms with van der Waals surface area (Å²) in [6.07, 6.45) is -0.381. The summed E-state index contributed by atoms with van der Waals surface area (Å²) in [5, 5.41) is 9.03. The zero-order valence-electron chi connectivity index (χ0n) is 10.5. The minimum absolute atomic E-state index is 0.205. The molecule has 1 aromatic rings. The molecule has 0 amide bonds. The lowest BCUT2D eigenvalue weighted by molar-refractivity contribution is -0.147. The molecule has 0 bridgehead atoms. The zero-order valence-corrected chi connectivity index (χ0v) is 10.5. The lowest BCUT2D eigenvalue weighted by Gasteiger charge is -2.19. The Morgan fingerprint density at radius 2 is 2.06 bits per heavy atom. The number of carbonyl (C=O) groups is 2. The monoisotopic (exact) mass is 252 g/mol. The molecule has 1 atom stereocenters. The van der Waals surface area contributed by atoms with Crippen molar-refractivity contribution in [3.8, 4) is 11.5 Å². The quantitative estimate of drug-likeness (QED) is 0.784. The van der Waals surface area contributed by atoms with Crippen LogP contribution in [0.15, 0.2) is 18.2 Å². The van der Waals surface area contributed by atoms with E-state index in [9.17, 15) is 9.59 Å². The van der Waals surface area contributed by atoms with Crippen LogP contribution in [0.4, 0.5) is 0 Å². The van der Waals surface area contributed by atoms with Gasteiger partial charge in [0.15, 0.2) is 12.4 Å². The van der Waals surface area contributed by atoms with Crippen molar-refractivity contribution in [1.29, 1.82) is 0 Å². The summed E-state index contributed by atoms with van der Waals surface area (Å²) in [5.41, 5.74) is 0.265. The summed E-state index contributed by atoms with van der Waals surface area (Å²) < 4.78 is 10.4. The van der Waals surface area contributed by atoms with Gasteiger partial charge in [-0.15, -0.1) is 0 Å².